The highest BCUT2D eigenvalue weighted by molar-refractivity contribution is 5.73. The lowest BCUT2D eigenvalue weighted by molar-refractivity contribution is -0.161. The first-order valence-corrected chi connectivity index (χ1v) is 6.79. The van der Waals surface area contributed by atoms with E-state index < -0.39 is 0 Å². The van der Waals surface area contributed by atoms with Crippen LogP contribution in [0, 0.1) is 11.8 Å². The minimum Gasteiger partial charge on any atom is -0.462 e. The van der Waals surface area contributed by atoms with Crippen LogP contribution in [0.3, 0.4) is 0 Å². The Kier molecular flexibility index (Phi) is 4.80. The van der Waals surface area contributed by atoms with Gasteiger partial charge in [-0.1, -0.05) is 12.8 Å². The average molecular weight is 241 g/mol. The molecule has 0 aromatic rings. The third kappa shape index (κ3) is 3.42. The zero-order valence-corrected chi connectivity index (χ0v) is 10.4. The molecule has 0 spiro atoms. The van der Waals surface area contributed by atoms with Gasteiger partial charge in [0.2, 0.25) is 0 Å². The lowest BCUT2D eigenvalue weighted by Crippen LogP contribution is -2.36. The molecule has 0 radical (unpaired) electrons. The first-order valence-electron chi connectivity index (χ1n) is 6.79. The van der Waals surface area contributed by atoms with E-state index in [-0.39, 0.29) is 18.0 Å². The molecule has 2 unspecified atom stereocenters. The minimum absolute atomic E-state index is 0.0212. The summed E-state index contributed by atoms with van der Waals surface area (Å²) in [6.45, 7) is 2.03. The standard InChI is InChI=1S/C13H23NO3/c14-9-10-3-1-2-4-12(10)13(15)17-11-5-7-16-8-6-11/h10-12H,1-9,14H2. The van der Waals surface area contributed by atoms with Crippen molar-refractivity contribution in [2.75, 3.05) is 19.8 Å². The second-order valence-corrected chi connectivity index (χ2v) is 5.14. The van der Waals surface area contributed by atoms with Crippen molar-refractivity contribution < 1.29 is 14.3 Å². The molecular weight excluding hydrogens is 218 g/mol. The minimum atomic E-state index is -0.0212. The van der Waals surface area contributed by atoms with Gasteiger partial charge < -0.3 is 15.2 Å². The molecule has 2 atom stereocenters. The number of hydrogen-bond acceptors (Lipinski definition) is 4. The molecule has 17 heavy (non-hydrogen) atoms. The van der Waals surface area contributed by atoms with Gasteiger partial charge in [-0.25, -0.2) is 0 Å². The van der Waals surface area contributed by atoms with Gasteiger partial charge in [0.25, 0.3) is 0 Å². The molecule has 2 N–H and O–H groups in total. The molecule has 1 saturated carbocycles. The zero-order valence-electron chi connectivity index (χ0n) is 10.4. The van der Waals surface area contributed by atoms with E-state index in [1.54, 1.807) is 0 Å². The van der Waals surface area contributed by atoms with Gasteiger partial charge in [-0.3, -0.25) is 4.79 Å². The van der Waals surface area contributed by atoms with Crippen LogP contribution in [0.1, 0.15) is 38.5 Å². The normalized spacial score (nSPS) is 31.1. The van der Waals surface area contributed by atoms with Crippen LogP contribution in [-0.2, 0) is 14.3 Å². The first-order chi connectivity index (χ1) is 8.31. The van der Waals surface area contributed by atoms with Crippen LogP contribution in [0.5, 0.6) is 0 Å². The highest BCUT2D eigenvalue weighted by Crippen LogP contribution is 2.31. The maximum atomic E-state index is 12.1. The number of esters is 1. The average Bonchev–Trinajstić information content (AvgIpc) is 2.40. The fourth-order valence-corrected chi connectivity index (χ4v) is 2.85. The predicted octanol–water partition coefficient (Wildman–Crippen LogP) is 1.47. The summed E-state index contributed by atoms with van der Waals surface area (Å²) >= 11 is 0. The van der Waals surface area contributed by atoms with Gasteiger partial charge >= 0.3 is 5.97 Å². The maximum Gasteiger partial charge on any atom is 0.309 e. The fraction of sp³-hybridized carbons (Fsp3) is 0.923. The first kappa shape index (κ1) is 12.8. The third-order valence-corrected chi connectivity index (χ3v) is 3.97. The molecule has 0 aromatic heterocycles. The summed E-state index contributed by atoms with van der Waals surface area (Å²) in [4.78, 5) is 12.1. The van der Waals surface area contributed by atoms with Crippen molar-refractivity contribution in [3.8, 4) is 0 Å². The Morgan fingerprint density at radius 1 is 1.18 bits per heavy atom. The van der Waals surface area contributed by atoms with Gasteiger partial charge in [0.05, 0.1) is 19.1 Å². The van der Waals surface area contributed by atoms with Crippen LogP contribution < -0.4 is 5.73 Å². The van der Waals surface area contributed by atoms with E-state index in [0.29, 0.717) is 25.7 Å². The molecule has 1 saturated heterocycles. The van der Waals surface area contributed by atoms with Gasteiger partial charge in [-0.2, -0.15) is 0 Å². The Labute approximate surface area is 103 Å². The Hall–Kier alpha value is -0.610. The fourth-order valence-electron chi connectivity index (χ4n) is 2.85. The van der Waals surface area contributed by atoms with Crippen molar-refractivity contribution in [2.45, 2.75) is 44.6 Å². The third-order valence-electron chi connectivity index (χ3n) is 3.97. The summed E-state index contributed by atoms with van der Waals surface area (Å²) in [6.07, 6.45) is 6.09. The van der Waals surface area contributed by atoms with Crippen LogP contribution in [0.4, 0.5) is 0 Å². The van der Waals surface area contributed by atoms with Crippen LogP contribution in [0.25, 0.3) is 0 Å². The Morgan fingerprint density at radius 3 is 2.59 bits per heavy atom. The molecule has 2 fully saturated rings. The summed E-state index contributed by atoms with van der Waals surface area (Å²) in [6, 6.07) is 0. The van der Waals surface area contributed by atoms with Crippen molar-refractivity contribution in [3.63, 3.8) is 0 Å². The van der Waals surface area contributed by atoms with E-state index in [4.69, 9.17) is 15.2 Å². The molecule has 98 valence electrons. The predicted molar refractivity (Wildman–Crippen MR) is 64.4 cm³/mol. The largest absolute Gasteiger partial charge is 0.462 e. The van der Waals surface area contributed by atoms with Crippen molar-refractivity contribution in [1.29, 1.82) is 0 Å². The van der Waals surface area contributed by atoms with E-state index in [1.807, 2.05) is 0 Å². The van der Waals surface area contributed by atoms with Crippen molar-refractivity contribution in [1.82, 2.24) is 0 Å². The smallest absolute Gasteiger partial charge is 0.309 e. The molecular formula is C13H23NO3. The van der Waals surface area contributed by atoms with E-state index >= 15 is 0 Å². The lowest BCUT2D eigenvalue weighted by atomic mass is 9.79. The van der Waals surface area contributed by atoms with E-state index in [0.717, 1.165) is 32.1 Å². The SMILES string of the molecule is NCC1CCCCC1C(=O)OC1CCOCC1. The molecule has 4 heteroatoms. The van der Waals surface area contributed by atoms with Crippen LogP contribution >= 0.6 is 0 Å². The molecule has 0 bridgehead atoms. The molecule has 2 aliphatic rings. The van der Waals surface area contributed by atoms with E-state index in [2.05, 4.69) is 0 Å². The molecule has 1 aliphatic carbocycles. The van der Waals surface area contributed by atoms with Crippen molar-refractivity contribution in [3.05, 3.63) is 0 Å². The molecule has 1 aliphatic heterocycles. The molecule has 0 aromatic carbocycles. The van der Waals surface area contributed by atoms with Crippen LogP contribution in [-0.4, -0.2) is 31.8 Å². The summed E-state index contributed by atoms with van der Waals surface area (Å²) in [5, 5.41) is 0. The van der Waals surface area contributed by atoms with E-state index in [1.165, 1.54) is 6.42 Å². The van der Waals surface area contributed by atoms with Gasteiger partial charge in [0.1, 0.15) is 6.10 Å². The Balaban J connectivity index is 1.84. The summed E-state index contributed by atoms with van der Waals surface area (Å²) in [5.74, 6) is 0.347. The number of hydrogen-bond donors (Lipinski definition) is 1. The number of carbonyl (C=O) groups excluding carboxylic acids is 1. The van der Waals surface area contributed by atoms with Gasteiger partial charge in [-0.05, 0) is 25.3 Å². The quantitative estimate of drug-likeness (QED) is 0.760. The van der Waals surface area contributed by atoms with Crippen LogP contribution in [0.15, 0.2) is 0 Å². The summed E-state index contributed by atoms with van der Waals surface area (Å²) in [7, 11) is 0. The molecule has 2 rings (SSSR count). The lowest BCUT2D eigenvalue weighted by Gasteiger charge is -2.31. The highest BCUT2D eigenvalue weighted by Gasteiger charge is 2.32. The second kappa shape index (κ2) is 6.36. The highest BCUT2D eigenvalue weighted by atomic mass is 16.6. The van der Waals surface area contributed by atoms with Gasteiger partial charge in [-0.15, -0.1) is 0 Å². The van der Waals surface area contributed by atoms with Crippen molar-refractivity contribution in [2.24, 2.45) is 17.6 Å². The van der Waals surface area contributed by atoms with Gasteiger partial charge in [0.15, 0.2) is 0 Å². The topological polar surface area (TPSA) is 61.6 Å². The number of ether oxygens (including phenoxy) is 2. The second-order valence-electron chi connectivity index (χ2n) is 5.14. The number of rotatable bonds is 3. The monoisotopic (exact) mass is 241 g/mol. The number of nitrogens with two attached hydrogens (primary N) is 1. The van der Waals surface area contributed by atoms with Gasteiger partial charge in [0, 0.05) is 12.8 Å². The molecule has 4 nitrogen and oxygen atoms in total. The van der Waals surface area contributed by atoms with Crippen LogP contribution in [0.2, 0.25) is 0 Å². The van der Waals surface area contributed by atoms with Crippen molar-refractivity contribution >= 4 is 5.97 Å². The Morgan fingerprint density at radius 2 is 1.88 bits per heavy atom. The van der Waals surface area contributed by atoms with E-state index in [9.17, 15) is 4.79 Å². The summed E-state index contributed by atoms with van der Waals surface area (Å²) in [5.41, 5.74) is 5.74. The molecule has 0 amide bonds. The maximum absolute atomic E-state index is 12.1. The Bertz CT molecular complexity index is 251. The zero-order chi connectivity index (χ0) is 12.1. The molecule has 1 heterocycles. The number of carbonyl (C=O) groups is 1. The summed E-state index contributed by atoms with van der Waals surface area (Å²) < 4.78 is 10.8.